The van der Waals surface area contributed by atoms with Crippen LogP contribution in [-0.2, 0) is 0 Å². The topological polar surface area (TPSA) is 27.1 Å². The van der Waals surface area contributed by atoms with Gasteiger partial charge in [0.1, 0.15) is 10.8 Å². The SMILES string of the molecule is COc1ccc(-c2nc(-c3cc(C)n(C4CC4)c3C)cs2)cc1. The third-order valence-corrected chi connectivity index (χ3v) is 5.40. The Kier molecular flexibility index (Phi) is 3.49. The number of nitrogens with zero attached hydrogens (tertiary/aromatic N) is 2. The van der Waals surface area contributed by atoms with Gasteiger partial charge in [-0.2, -0.15) is 0 Å². The largest absolute Gasteiger partial charge is 0.497 e. The molecule has 4 heteroatoms. The molecule has 0 spiro atoms. The van der Waals surface area contributed by atoms with Gasteiger partial charge in [-0.25, -0.2) is 4.98 Å². The van der Waals surface area contributed by atoms with Gasteiger partial charge in [0.2, 0.25) is 0 Å². The maximum absolute atomic E-state index is 5.22. The summed E-state index contributed by atoms with van der Waals surface area (Å²) in [6, 6.07) is 11.1. The Hall–Kier alpha value is -2.07. The van der Waals surface area contributed by atoms with Gasteiger partial charge < -0.3 is 9.30 Å². The Morgan fingerprint density at radius 3 is 2.57 bits per heavy atom. The van der Waals surface area contributed by atoms with Crippen molar-refractivity contribution in [2.75, 3.05) is 7.11 Å². The number of rotatable bonds is 4. The summed E-state index contributed by atoms with van der Waals surface area (Å²) in [5, 5.41) is 3.22. The maximum atomic E-state index is 5.22. The molecular formula is C19H20N2OS. The zero-order valence-corrected chi connectivity index (χ0v) is 14.5. The summed E-state index contributed by atoms with van der Waals surface area (Å²) in [5.41, 5.74) is 6.18. The van der Waals surface area contributed by atoms with Gasteiger partial charge >= 0.3 is 0 Å². The minimum Gasteiger partial charge on any atom is -0.497 e. The Balaban J connectivity index is 1.69. The fourth-order valence-electron chi connectivity index (χ4n) is 3.19. The molecule has 0 atom stereocenters. The molecule has 0 radical (unpaired) electrons. The quantitative estimate of drug-likeness (QED) is 0.656. The molecule has 0 bridgehead atoms. The molecule has 0 N–H and O–H groups in total. The smallest absolute Gasteiger partial charge is 0.124 e. The van der Waals surface area contributed by atoms with Gasteiger partial charge in [-0.3, -0.25) is 0 Å². The van der Waals surface area contributed by atoms with Crippen LogP contribution in [0.15, 0.2) is 35.7 Å². The van der Waals surface area contributed by atoms with Crippen LogP contribution < -0.4 is 4.74 Å². The first-order valence-corrected chi connectivity index (χ1v) is 8.84. The van der Waals surface area contributed by atoms with Gasteiger partial charge in [-0.15, -0.1) is 11.3 Å². The fraction of sp³-hybridized carbons (Fsp3) is 0.316. The van der Waals surface area contributed by atoms with Crippen LogP contribution in [-0.4, -0.2) is 16.7 Å². The van der Waals surface area contributed by atoms with E-state index in [1.807, 2.05) is 12.1 Å². The summed E-state index contributed by atoms with van der Waals surface area (Å²) in [4.78, 5) is 4.87. The molecule has 1 aliphatic rings. The first-order valence-electron chi connectivity index (χ1n) is 7.96. The van der Waals surface area contributed by atoms with E-state index in [0.717, 1.165) is 22.0 Å². The highest BCUT2D eigenvalue weighted by atomic mass is 32.1. The molecule has 1 fully saturated rings. The Labute approximate surface area is 140 Å². The molecular weight excluding hydrogens is 304 g/mol. The van der Waals surface area contributed by atoms with Crippen molar-refractivity contribution in [2.24, 2.45) is 0 Å². The van der Waals surface area contributed by atoms with Gasteiger partial charge in [-0.05, 0) is 57.0 Å². The van der Waals surface area contributed by atoms with E-state index in [-0.39, 0.29) is 0 Å². The van der Waals surface area contributed by atoms with Crippen LogP contribution in [0.1, 0.15) is 30.3 Å². The van der Waals surface area contributed by atoms with E-state index in [1.165, 1.54) is 29.8 Å². The number of aromatic nitrogens is 2. The lowest BCUT2D eigenvalue weighted by Crippen LogP contribution is -1.98. The zero-order valence-electron chi connectivity index (χ0n) is 13.7. The average Bonchev–Trinajstić information content (AvgIpc) is 3.19. The van der Waals surface area contributed by atoms with E-state index in [2.05, 4.69) is 42.0 Å². The van der Waals surface area contributed by atoms with Crippen molar-refractivity contribution in [1.82, 2.24) is 9.55 Å². The van der Waals surface area contributed by atoms with E-state index in [1.54, 1.807) is 18.4 Å². The fourth-order valence-corrected chi connectivity index (χ4v) is 4.02. The zero-order chi connectivity index (χ0) is 16.0. The first kappa shape index (κ1) is 14.5. The summed E-state index contributed by atoms with van der Waals surface area (Å²) < 4.78 is 7.69. The van der Waals surface area contributed by atoms with Gasteiger partial charge in [-0.1, -0.05) is 0 Å². The molecule has 118 valence electrons. The van der Waals surface area contributed by atoms with E-state index in [9.17, 15) is 0 Å². The van der Waals surface area contributed by atoms with Crippen LogP contribution in [0, 0.1) is 13.8 Å². The van der Waals surface area contributed by atoms with Crippen molar-refractivity contribution in [3.63, 3.8) is 0 Å². The molecule has 0 amide bonds. The predicted octanol–water partition coefficient (Wildman–Crippen LogP) is 5.24. The van der Waals surface area contributed by atoms with Crippen molar-refractivity contribution in [1.29, 1.82) is 0 Å². The third kappa shape index (κ3) is 2.57. The van der Waals surface area contributed by atoms with Crippen LogP contribution in [0.4, 0.5) is 0 Å². The predicted molar refractivity (Wildman–Crippen MR) is 95.3 cm³/mol. The highest BCUT2D eigenvalue weighted by Crippen LogP contribution is 2.41. The van der Waals surface area contributed by atoms with E-state index in [4.69, 9.17) is 9.72 Å². The monoisotopic (exact) mass is 324 g/mol. The number of aryl methyl sites for hydroxylation is 1. The Morgan fingerprint density at radius 1 is 1.17 bits per heavy atom. The first-order chi connectivity index (χ1) is 11.2. The molecule has 1 aliphatic carbocycles. The maximum Gasteiger partial charge on any atom is 0.124 e. The van der Waals surface area contributed by atoms with Gasteiger partial charge in [0.25, 0.3) is 0 Å². The number of benzene rings is 1. The Morgan fingerprint density at radius 2 is 1.91 bits per heavy atom. The molecule has 4 rings (SSSR count). The van der Waals surface area contributed by atoms with Crippen molar-refractivity contribution >= 4 is 11.3 Å². The van der Waals surface area contributed by atoms with Crippen molar-refractivity contribution in [3.8, 4) is 27.6 Å². The highest BCUT2D eigenvalue weighted by molar-refractivity contribution is 7.13. The third-order valence-electron chi connectivity index (χ3n) is 4.51. The number of hydrogen-bond donors (Lipinski definition) is 0. The molecule has 3 nitrogen and oxygen atoms in total. The lowest BCUT2D eigenvalue weighted by molar-refractivity contribution is 0.415. The summed E-state index contributed by atoms with van der Waals surface area (Å²) in [5.74, 6) is 0.874. The normalized spacial score (nSPS) is 14.2. The van der Waals surface area contributed by atoms with Crippen molar-refractivity contribution < 1.29 is 4.74 Å². The number of ether oxygens (including phenoxy) is 1. The lowest BCUT2D eigenvalue weighted by atomic mass is 10.2. The number of methoxy groups -OCH3 is 1. The molecule has 0 aliphatic heterocycles. The van der Waals surface area contributed by atoms with E-state index >= 15 is 0 Å². The lowest BCUT2D eigenvalue weighted by Gasteiger charge is -2.07. The van der Waals surface area contributed by atoms with Crippen LogP contribution in [0.25, 0.3) is 21.8 Å². The molecule has 2 aromatic heterocycles. The molecule has 1 saturated carbocycles. The average molecular weight is 324 g/mol. The second kappa shape index (κ2) is 5.53. The second-order valence-corrected chi connectivity index (χ2v) is 7.01. The molecule has 2 heterocycles. The van der Waals surface area contributed by atoms with Gasteiger partial charge in [0, 0.05) is 33.9 Å². The molecule has 0 unspecified atom stereocenters. The molecule has 23 heavy (non-hydrogen) atoms. The Bertz CT molecular complexity index is 841. The number of thiazole rings is 1. The minimum atomic E-state index is 0.712. The molecule has 1 aromatic carbocycles. The molecule has 3 aromatic rings. The second-order valence-electron chi connectivity index (χ2n) is 6.15. The van der Waals surface area contributed by atoms with Crippen LogP contribution in [0.2, 0.25) is 0 Å². The number of hydrogen-bond acceptors (Lipinski definition) is 3. The van der Waals surface area contributed by atoms with Crippen LogP contribution in [0.3, 0.4) is 0 Å². The summed E-state index contributed by atoms with van der Waals surface area (Å²) in [7, 11) is 1.69. The van der Waals surface area contributed by atoms with Gasteiger partial charge in [0.05, 0.1) is 12.8 Å². The van der Waals surface area contributed by atoms with Crippen LogP contribution in [0.5, 0.6) is 5.75 Å². The molecule has 0 saturated heterocycles. The van der Waals surface area contributed by atoms with E-state index in [0.29, 0.717) is 6.04 Å². The summed E-state index contributed by atoms with van der Waals surface area (Å²) in [6.45, 7) is 4.42. The summed E-state index contributed by atoms with van der Waals surface area (Å²) >= 11 is 1.70. The van der Waals surface area contributed by atoms with E-state index < -0.39 is 0 Å². The minimum absolute atomic E-state index is 0.712. The highest BCUT2D eigenvalue weighted by Gasteiger charge is 2.27. The summed E-state index contributed by atoms with van der Waals surface area (Å²) in [6.07, 6.45) is 2.62. The van der Waals surface area contributed by atoms with Gasteiger partial charge in [0.15, 0.2) is 0 Å². The standard InChI is InChI=1S/C19H20N2OS/c1-12-10-17(13(2)21(12)15-6-7-15)18-11-23-19(20-18)14-4-8-16(22-3)9-5-14/h4-5,8-11,15H,6-7H2,1-3H3. The van der Waals surface area contributed by atoms with Crippen LogP contribution >= 0.6 is 11.3 Å². The van der Waals surface area contributed by atoms with Crippen molar-refractivity contribution in [3.05, 3.63) is 47.1 Å². The van der Waals surface area contributed by atoms with Crippen molar-refractivity contribution in [2.45, 2.75) is 32.7 Å².